The summed E-state index contributed by atoms with van der Waals surface area (Å²) in [6.45, 7) is 0.403. The maximum absolute atomic E-state index is 13.3. The number of nitrogens with one attached hydrogen (secondary N) is 2. The van der Waals surface area contributed by atoms with Crippen LogP contribution in [-0.4, -0.2) is 58.3 Å². The van der Waals surface area contributed by atoms with Gasteiger partial charge in [0.2, 0.25) is 0 Å². The molecule has 0 unspecified atom stereocenters. The van der Waals surface area contributed by atoms with E-state index in [0.29, 0.717) is 63.8 Å². The van der Waals surface area contributed by atoms with Gasteiger partial charge >= 0.3 is 0 Å². The molecule has 0 radical (unpaired) electrons. The minimum Gasteiger partial charge on any atom is -0.399 e. The van der Waals surface area contributed by atoms with E-state index in [0.717, 1.165) is 54.1 Å². The van der Waals surface area contributed by atoms with Gasteiger partial charge in [0, 0.05) is 102 Å². The van der Waals surface area contributed by atoms with Crippen LogP contribution >= 0.6 is 31.9 Å². The molecule has 64 heavy (non-hydrogen) atoms. The molecule has 0 atom stereocenters. The van der Waals surface area contributed by atoms with E-state index in [9.17, 15) is 19.2 Å². The summed E-state index contributed by atoms with van der Waals surface area (Å²) in [4.78, 5) is 51.3. The van der Waals surface area contributed by atoms with Crippen molar-refractivity contribution in [2.24, 2.45) is 0 Å². The third-order valence-electron chi connectivity index (χ3n) is 10.6. The lowest BCUT2D eigenvalue weighted by molar-refractivity contribution is 0.0979. The monoisotopic (exact) mass is 979 g/mol. The second-order valence-corrected chi connectivity index (χ2v) is 16.9. The molecule has 10 nitrogen and oxygen atoms in total. The molecule has 0 aromatic heterocycles. The largest absolute Gasteiger partial charge is 0.399 e. The van der Waals surface area contributed by atoms with E-state index in [2.05, 4.69) is 42.5 Å². The minimum atomic E-state index is -0.179. The number of aliphatic hydroxyl groups excluding tert-OH is 3. The quantitative estimate of drug-likeness (QED) is 0.0723. The Morgan fingerprint density at radius 1 is 0.359 bits per heavy atom. The summed E-state index contributed by atoms with van der Waals surface area (Å²) >= 11 is 6.64. The summed E-state index contributed by atoms with van der Waals surface area (Å²) in [5.41, 5.74) is 16.0. The maximum atomic E-state index is 13.3. The normalized spacial score (nSPS) is 12.1. The van der Waals surface area contributed by atoms with Gasteiger partial charge in [0.1, 0.15) is 0 Å². The molecule has 0 spiro atoms. The number of aliphatic hydroxyl groups is 3. The smallest absolute Gasteiger partial charge is 0.194 e. The molecule has 0 bridgehead atoms. The number of anilines is 5. The van der Waals surface area contributed by atoms with Gasteiger partial charge in [0.15, 0.2) is 23.1 Å². The molecular formula is C52H43Br2N3O7. The van der Waals surface area contributed by atoms with E-state index >= 15 is 0 Å². The molecular weight excluding hydrogens is 938 g/mol. The average molecular weight is 982 g/mol. The highest BCUT2D eigenvalue weighted by Crippen LogP contribution is 2.33. The van der Waals surface area contributed by atoms with Crippen molar-refractivity contribution >= 4 is 83.4 Å². The summed E-state index contributed by atoms with van der Waals surface area (Å²) in [6.07, 6.45) is 1.91. The number of rotatable bonds is 10. The summed E-state index contributed by atoms with van der Waals surface area (Å²) in [5.74, 6) is -0.565. The number of hydrogen-bond acceptors (Lipinski definition) is 10. The second-order valence-electron chi connectivity index (χ2n) is 15.0. The highest BCUT2D eigenvalue weighted by molar-refractivity contribution is 9.10. The molecule has 7 aromatic carbocycles. The number of fused-ring (bicyclic) bond motifs is 4. The number of carbonyl (C=O) groups excluding carboxylic acids is 4. The number of benzene rings is 7. The molecule has 322 valence electrons. The van der Waals surface area contributed by atoms with Crippen LogP contribution in [0.25, 0.3) is 0 Å². The maximum Gasteiger partial charge on any atom is 0.194 e. The Kier molecular flexibility index (Phi) is 14.8. The van der Waals surface area contributed by atoms with E-state index in [1.54, 1.807) is 72.8 Å². The van der Waals surface area contributed by atoms with Crippen molar-refractivity contribution in [3.8, 4) is 0 Å². The van der Waals surface area contributed by atoms with Gasteiger partial charge < -0.3 is 31.7 Å². The van der Waals surface area contributed by atoms with Gasteiger partial charge in [-0.25, -0.2) is 0 Å². The number of halogens is 2. The number of nitrogens with two attached hydrogens (primary N) is 1. The third kappa shape index (κ3) is 10.6. The van der Waals surface area contributed by atoms with Crippen molar-refractivity contribution in [1.82, 2.24) is 0 Å². The van der Waals surface area contributed by atoms with Crippen LogP contribution in [0.15, 0.2) is 155 Å². The number of nitrogen functional groups attached to an aromatic ring is 1. The van der Waals surface area contributed by atoms with Crippen molar-refractivity contribution in [3.05, 3.63) is 216 Å². The van der Waals surface area contributed by atoms with Crippen LogP contribution in [-0.2, 0) is 19.3 Å². The van der Waals surface area contributed by atoms with Gasteiger partial charge in [-0.1, -0.05) is 68.3 Å². The van der Waals surface area contributed by atoms with Gasteiger partial charge in [-0.2, -0.15) is 0 Å². The molecule has 2 aliphatic carbocycles. The Morgan fingerprint density at radius 3 is 0.969 bits per heavy atom. The highest BCUT2D eigenvalue weighted by atomic mass is 79.9. The zero-order valence-electron chi connectivity index (χ0n) is 34.4. The van der Waals surface area contributed by atoms with Gasteiger partial charge in [0.05, 0.1) is 0 Å². The average Bonchev–Trinajstić information content (AvgIpc) is 3.30. The van der Waals surface area contributed by atoms with Crippen LogP contribution in [0.5, 0.6) is 0 Å². The zero-order chi connectivity index (χ0) is 45.3. The Bertz CT molecular complexity index is 2690. The molecule has 0 saturated heterocycles. The van der Waals surface area contributed by atoms with Crippen molar-refractivity contribution in [1.29, 1.82) is 0 Å². The van der Waals surface area contributed by atoms with Crippen LogP contribution in [0.4, 0.5) is 28.4 Å². The van der Waals surface area contributed by atoms with Gasteiger partial charge in [-0.15, -0.1) is 0 Å². The Morgan fingerprint density at radius 2 is 0.641 bits per heavy atom. The van der Waals surface area contributed by atoms with Gasteiger partial charge in [0.25, 0.3) is 0 Å². The van der Waals surface area contributed by atoms with E-state index in [-0.39, 0.29) is 43.0 Å². The van der Waals surface area contributed by atoms with Crippen LogP contribution in [0.3, 0.4) is 0 Å². The summed E-state index contributed by atoms with van der Waals surface area (Å²) in [7, 11) is 0. The lowest BCUT2D eigenvalue weighted by Gasteiger charge is -2.20. The Hall–Kier alpha value is -6.54. The van der Waals surface area contributed by atoms with Gasteiger partial charge in [-0.05, 0) is 145 Å². The Balaban J connectivity index is 0.000000179. The van der Waals surface area contributed by atoms with Crippen molar-refractivity contribution in [3.63, 3.8) is 0 Å². The number of carbonyl (C=O) groups is 4. The first-order valence-electron chi connectivity index (χ1n) is 20.4. The van der Waals surface area contributed by atoms with Crippen LogP contribution < -0.4 is 16.4 Å². The highest BCUT2D eigenvalue weighted by Gasteiger charge is 2.31. The van der Waals surface area contributed by atoms with E-state index < -0.39 is 0 Å². The van der Waals surface area contributed by atoms with Crippen molar-refractivity contribution < 1.29 is 34.5 Å². The third-order valence-corrected chi connectivity index (χ3v) is 11.6. The van der Waals surface area contributed by atoms with Gasteiger partial charge in [-0.3, -0.25) is 19.2 Å². The van der Waals surface area contributed by atoms with Crippen LogP contribution in [0.2, 0.25) is 0 Å². The predicted octanol–water partition coefficient (Wildman–Crippen LogP) is 9.81. The summed E-state index contributed by atoms with van der Waals surface area (Å²) in [5, 5.41) is 33.3. The lowest BCUT2D eigenvalue weighted by Crippen LogP contribution is -2.21. The molecule has 2 aliphatic rings. The molecule has 0 aliphatic heterocycles. The molecule has 7 aromatic rings. The Labute approximate surface area is 387 Å². The summed E-state index contributed by atoms with van der Waals surface area (Å²) < 4.78 is 1.59. The summed E-state index contributed by atoms with van der Waals surface area (Å²) in [6, 6.07) is 43.7. The predicted molar refractivity (Wildman–Crippen MR) is 258 cm³/mol. The molecule has 7 N–H and O–H groups in total. The SMILES string of the molecule is Nc1ccc(CCO)cc1.O=C1c2ccc(Br)cc2C(=O)c2ccc(Br)cc21.O=C1c2ccc(Nc3ccc(CCO)cc3)cc2C(=O)c2ccc(Nc3ccc(CCO)cc3)cc21. The molecule has 0 fully saturated rings. The standard InChI is InChI=1S/C30H26N2O4.C14H6Br2O2.C8H11NO/c33-15-13-19-1-5-21(6-2-19)31-23-9-11-25-27(17-23)29(35)26-12-10-24(18-28(26)30(25)36)32-22-7-3-20(4-8-22)14-16-34;15-7-1-3-9-11(5-7)14(18)10-4-2-8(16)6-12(10)13(9)17;9-8-3-1-7(2-4-8)5-6-10/h1-12,17-18,31-34H,13-16H2;1-6H;1-4,10H,5-6,9H2. The number of ketones is 4. The van der Waals surface area contributed by atoms with Crippen LogP contribution in [0.1, 0.15) is 80.4 Å². The first kappa shape index (κ1) is 45.5. The molecule has 9 rings (SSSR count). The first-order valence-corrected chi connectivity index (χ1v) is 22.0. The van der Waals surface area contributed by atoms with Crippen molar-refractivity contribution in [2.75, 3.05) is 36.2 Å². The topological polar surface area (TPSA) is 179 Å². The second kappa shape index (κ2) is 20.8. The van der Waals surface area contributed by atoms with E-state index in [1.165, 1.54) is 0 Å². The molecule has 0 amide bonds. The fourth-order valence-electron chi connectivity index (χ4n) is 7.32. The fraction of sp³-hybridized carbons (Fsp3) is 0.115. The molecule has 12 heteroatoms. The molecule has 0 saturated carbocycles. The minimum absolute atomic E-state index is 0.102. The van der Waals surface area contributed by atoms with E-state index in [1.807, 2.05) is 72.8 Å². The van der Waals surface area contributed by atoms with Crippen molar-refractivity contribution in [2.45, 2.75) is 19.3 Å². The van der Waals surface area contributed by atoms with Crippen LogP contribution in [0, 0.1) is 0 Å². The lowest BCUT2D eigenvalue weighted by atomic mass is 9.83. The fourth-order valence-corrected chi connectivity index (χ4v) is 8.04. The molecule has 0 heterocycles. The number of hydrogen-bond donors (Lipinski definition) is 6. The zero-order valence-corrected chi connectivity index (χ0v) is 37.6. The van der Waals surface area contributed by atoms with E-state index in [4.69, 9.17) is 21.1 Å². The first-order chi connectivity index (χ1) is 31.0.